The average Bonchev–Trinajstić information content (AvgIpc) is 2.66. The summed E-state index contributed by atoms with van der Waals surface area (Å²) in [7, 11) is 0. The van der Waals surface area contributed by atoms with Gasteiger partial charge in [-0.1, -0.05) is 0 Å². The largest absolute Gasteiger partial charge is 0.345 e. The Kier molecular flexibility index (Phi) is 5.46. The number of hydrogen-bond acceptors (Lipinski definition) is 6. The number of hydrazine groups is 1. The summed E-state index contributed by atoms with van der Waals surface area (Å²) >= 11 is 0. The minimum Gasteiger partial charge on any atom is -0.345 e. The van der Waals surface area contributed by atoms with Crippen molar-refractivity contribution in [1.29, 1.82) is 0 Å². The molecule has 1 heterocycles. The number of rotatable bonds is 5. The maximum absolute atomic E-state index is 14.2. The molecular weight excluding hydrogens is 401 g/mol. The van der Waals surface area contributed by atoms with Gasteiger partial charge in [-0.2, -0.15) is 8.78 Å². The molecule has 1 fully saturated rings. The molecule has 3 N–H and O–H groups in total. The molecule has 12 heteroatoms. The van der Waals surface area contributed by atoms with E-state index in [1.807, 2.05) is 0 Å². The van der Waals surface area contributed by atoms with E-state index in [0.29, 0.717) is 25.3 Å². The van der Waals surface area contributed by atoms with E-state index in [1.165, 1.54) is 0 Å². The highest BCUT2D eigenvalue weighted by Crippen LogP contribution is 2.44. The van der Waals surface area contributed by atoms with E-state index in [1.54, 1.807) is 0 Å². The van der Waals surface area contributed by atoms with Crippen molar-refractivity contribution in [1.82, 2.24) is 15.0 Å². The standard InChI is InChI=1S/C17H14F5N5O2/c18-10-5-12(20)11(19)4-9(10)17(2-1-3-17)26-16-24-6-8(7-25-16)14(28)27(23)15(29)13(21)22/h4-7,13H,1-3,23H2,(H,24,25,26). The van der Waals surface area contributed by atoms with E-state index in [2.05, 4.69) is 15.3 Å². The van der Waals surface area contributed by atoms with Crippen LogP contribution in [0.25, 0.3) is 0 Å². The number of halogens is 5. The van der Waals surface area contributed by atoms with Crippen LogP contribution in [0.1, 0.15) is 35.2 Å². The van der Waals surface area contributed by atoms with E-state index < -0.39 is 41.2 Å². The second-order valence-electron chi connectivity index (χ2n) is 6.42. The summed E-state index contributed by atoms with van der Waals surface area (Å²) in [5.74, 6) is -1.61. The zero-order chi connectivity index (χ0) is 21.3. The lowest BCUT2D eigenvalue weighted by Gasteiger charge is -2.43. The van der Waals surface area contributed by atoms with Crippen LogP contribution in [0.3, 0.4) is 0 Å². The Labute approximate surface area is 160 Å². The number of carbonyl (C=O) groups excluding carboxylic acids is 2. The average molecular weight is 415 g/mol. The van der Waals surface area contributed by atoms with Gasteiger partial charge >= 0.3 is 12.3 Å². The van der Waals surface area contributed by atoms with Crippen LogP contribution in [0.2, 0.25) is 0 Å². The fourth-order valence-corrected chi connectivity index (χ4v) is 2.94. The summed E-state index contributed by atoms with van der Waals surface area (Å²) in [6, 6.07) is 1.21. The number of carbonyl (C=O) groups is 2. The van der Waals surface area contributed by atoms with E-state index in [9.17, 15) is 31.5 Å². The van der Waals surface area contributed by atoms with E-state index in [-0.39, 0.29) is 22.1 Å². The van der Waals surface area contributed by atoms with Gasteiger partial charge in [0.2, 0.25) is 5.95 Å². The Morgan fingerprint density at radius 2 is 1.66 bits per heavy atom. The lowest BCUT2D eigenvalue weighted by molar-refractivity contribution is -0.140. The molecule has 1 saturated carbocycles. The van der Waals surface area contributed by atoms with Crippen LogP contribution in [0.5, 0.6) is 0 Å². The third-order valence-corrected chi connectivity index (χ3v) is 4.63. The Balaban J connectivity index is 1.81. The fourth-order valence-electron chi connectivity index (χ4n) is 2.94. The normalized spacial score (nSPS) is 15.0. The summed E-state index contributed by atoms with van der Waals surface area (Å²) in [5.41, 5.74) is -1.51. The molecule has 1 aliphatic rings. The van der Waals surface area contributed by atoms with Crippen LogP contribution in [0.15, 0.2) is 24.5 Å². The number of alkyl halides is 2. The molecule has 7 nitrogen and oxygen atoms in total. The molecular formula is C17H14F5N5O2. The van der Waals surface area contributed by atoms with Crippen molar-refractivity contribution in [2.24, 2.45) is 5.84 Å². The fraction of sp³-hybridized carbons (Fsp3) is 0.294. The van der Waals surface area contributed by atoms with Crippen LogP contribution >= 0.6 is 0 Å². The molecule has 0 radical (unpaired) electrons. The van der Waals surface area contributed by atoms with Gasteiger partial charge in [-0.15, -0.1) is 0 Å². The number of imide groups is 1. The first-order chi connectivity index (χ1) is 13.6. The zero-order valence-electron chi connectivity index (χ0n) is 14.6. The molecule has 2 amide bonds. The van der Waals surface area contributed by atoms with Crippen molar-refractivity contribution >= 4 is 17.8 Å². The third kappa shape index (κ3) is 3.88. The lowest BCUT2D eigenvalue weighted by Crippen LogP contribution is -2.46. The van der Waals surface area contributed by atoms with Gasteiger partial charge in [-0.3, -0.25) is 9.59 Å². The molecule has 1 aromatic heterocycles. The minimum atomic E-state index is -3.46. The molecule has 0 bridgehead atoms. The number of aromatic nitrogens is 2. The van der Waals surface area contributed by atoms with Crippen LogP contribution in [0.4, 0.5) is 27.9 Å². The number of nitrogens with one attached hydrogen (secondary N) is 1. The van der Waals surface area contributed by atoms with Crippen LogP contribution in [0, 0.1) is 17.5 Å². The van der Waals surface area contributed by atoms with Gasteiger partial charge in [-0.05, 0) is 25.3 Å². The molecule has 0 atom stereocenters. The first-order valence-corrected chi connectivity index (χ1v) is 8.31. The Morgan fingerprint density at radius 3 is 2.17 bits per heavy atom. The first kappa shape index (κ1) is 20.6. The zero-order valence-corrected chi connectivity index (χ0v) is 14.6. The SMILES string of the molecule is NN(C(=O)c1cnc(NC2(c3cc(F)c(F)cc3F)CCC2)nc1)C(=O)C(F)F. The van der Waals surface area contributed by atoms with Crippen LogP contribution in [-0.4, -0.2) is 33.2 Å². The molecule has 0 aliphatic heterocycles. The quantitative estimate of drug-likeness (QED) is 0.256. The molecule has 1 aromatic carbocycles. The summed E-state index contributed by atoms with van der Waals surface area (Å²) in [6.07, 6.45) is -0.138. The number of nitrogens with zero attached hydrogens (tertiary/aromatic N) is 3. The molecule has 0 saturated heterocycles. The predicted molar refractivity (Wildman–Crippen MR) is 88.9 cm³/mol. The first-order valence-electron chi connectivity index (χ1n) is 8.31. The van der Waals surface area contributed by atoms with E-state index in [0.717, 1.165) is 18.5 Å². The maximum Gasteiger partial charge on any atom is 0.317 e. The summed E-state index contributed by atoms with van der Waals surface area (Å²) < 4.78 is 65.7. The molecule has 1 aliphatic carbocycles. The van der Waals surface area contributed by atoms with Crippen molar-refractivity contribution < 1.29 is 31.5 Å². The van der Waals surface area contributed by atoms with Gasteiger partial charge < -0.3 is 5.32 Å². The second kappa shape index (κ2) is 7.70. The van der Waals surface area contributed by atoms with Gasteiger partial charge in [-0.25, -0.2) is 34.0 Å². The summed E-state index contributed by atoms with van der Waals surface area (Å²) in [4.78, 5) is 30.7. The number of anilines is 1. The Hall–Kier alpha value is -3.15. The van der Waals surface area contributed by atoms with Crippen molar-refractivity contribution in [3.8, 4) is 0 Å². The molecule has 0 spiro atoms. The predicted octanol–water partition coefficient (Wildman–Crippen LogP) is 2.49. The smallest absolute Gasteiger partial charge is 0.317 e. The van der Waals surface area contributed by atoms with Gasteiger partial charge in [0.15, 0.2) is 11.6 Å². The molecule has 2 aromatic rings. The van der Waals surface area contributed by atoms with Crippen LogP contribution in [-0.2, 0) is 10.3 Å². The monoisotopic (exact) mass is 415 g/mol. The van der Waals surface area contributed by atoms with E-state index in [4.69, 9.17) is 5.84 Å². The Morgan fingerprint density at radius 1 is 1.07 bits per heavy atom. The number of amides is 2. The van der Waals surface area contributed by atoms with Gasteiger partial charge in [0.05, 0.1) is 11.1 Å². The molecule has 0 unspecified atom stereocenters. The van der Waals surface area contributed by atoms with Crippen molar-refractivity contribution in [3.05, 3.63) is 53.1 Å². The highest BCUT2D eigenvalue weighted by atomic mass is 19.3. The van der Waals surface area contributed by atoms with E-state index >= 15 is 0 Å². The molecule has 29 heavy (non-hydrogen) atoms. The van der Waals surface area contributed by atoms with Crippen molar-refractivity contribution in [3.63, 3.8) is 0 Å². The maximum atomic E-state index is 14.2. The Bertz CT molecular complexity index is 950. The lowest BCUT2D eigenvalue weighted by atomic mass is 9.71. The van der Waals surface area contributed by atoms with Gasteiger partial charge in [0.1, 0.15) is 5.82 Å². The molecule has 154 valence electrons. The third-order valence-electron chi connectivity index (χ3n) is 4.63. The highest BCUT2D eigenvalue weighted by Gasteiger charge is 2.42. The van der Waals surface area contributed by atoms with Gasteiger partial charge in [0, 0.05) is 24.0 Å². The number of nitrogens with two attached hydrogens (primary N) is 1. The summed E-state index contributed by atoms with van der Waals surface area (Å²) in [6.45, 7) is 0. The van der Waals surface area contributed by atoms with Crippen LogP contribution < -0.4 is 11.2 Å². The summed E-state index contributed by atoms with van der Waals surface area (Å²) in [5, 5.41) is 2.59. The number of hydrogen-bond donors (Lipinski definition) is 2. The van der Waals surface area contributed by atoms with Crippen molar-refractivity contribution in [2.75, 3.05) is 5.32 Å². The minimum absolute atomic E-state index is 0.0749. The molecule has 3 rings (SSSR count). The van der Waals surface area contributed by atoms with Crippen molar-refractivity contribution in [2.45, 2.75) is 31.2 Å². The van der Waals surface area contributed by atoms with Gasteiger partial charge in [0.25, 0.3) is 5.91 Å². The topological polar surface area (TPSA) is 101 Å². The highest BCUT2D eigenvalue weighted by molar-refractivity contribution is 6.04. The number of benzene rings is 1. The second-order valence-corrected chi connectivity index (χ2v) is 6.42.